The van der Waals surface area contributed by atoms with Crippen LogP contribution in [0.4, 0.5) is 0 Å². The number of carboxylic acids is 1. The fraction of sp³-hybridized carbons (Fsp3) is 0.500. The van der Waals surface area contributed by atoms with Gasteiger partial charge in [0.2, 0.25) is 0 Å². The van der Waals surface area contributed by atoms with Gasteiger partial charge in [-0.2, -0.15) is 0 Å². The van der Waals surface area contributed by atoms with Crippen molar-refractivity contribution in [1.29, 1.82) is 0 Å². The molecule has 1 heterocycles. The summed E-state index contributed by atoms with van der Waals surface area (Å²) in [4.78, 5) is 11.4. The summed E-state index contributed by atoms with van der Waals surface area (Å²) in [5, 5.41) is 9.38. The highest BCUT2D eigenvalue weighted by Crippen LogP contribution is 2.42. The number of hydrogen-bond acceptors (Lipinski definition) is 3. The number of methoxy groups -OCH3 is 1. The molecule has 1 aromatic carbocycles. The van der Waals surface area contributed by atoms with Gasteiger partial charge in [0, 0.05) is 5.92 Å². The zero-order valence-electron chi connectivity index (χ0n) is 10.8. The Morgan fingerprint density at radius 1 is 1.39 bits per heavy atom. The molecule has 1 saturated heterocycles. The summed E-state index contributed by atoms with van der Waals surface area (Å²) in [6.07, 6.45) is 0. The van der Waals surface area contributed by atoms with Gasteiger partial charge in [-0.25, -0.2) is 0 Å². The second kappa shape index (κ2) is 4.61. The van der Waals surface area contributed by atoms with Crippen LogP contribution in [0, 0.1) is 5.92 Å². The molecule has 0 amide bonds. The average molecular weight is 250 g/mol. The summed E-state index contributed by atoms with van der Waals surface area (Å²) in [5.74, 6) is -0.670. The van der Waals surface area contributed by atoms with E-state index in [-0.39, 0.29) is 5.92 Å². The van der Waals surface area contributed by atoms with E-state index in [1.165, 1.54) is 0 Å². The van der Waals surface area contributed by atoms with E-state index in [4.69, 9.17) is 9.47 Å². The SMILES string of the molecule is COc1ccc(C2COC(C)(C)C2C(=O)O)cc1. The fourth-order valence-corrected chi connectivity index (χ4v) is 2.58. The van der Waals surface area contributed by atoms with Crippen LogP contribution in [0.3, 0.4) is 0 Å². The zero-order chi connectivity index (χ0) is 13.3. The van der Waals surface area contributed by atoms with Gasteiger partial charge in [0.25, 0.3) is 0 Å². The van der Waals surface area contributed by atoms with Gasteiger partial charge in [-0.3, -0.25) is 4.79 Å². The largest absolute Gasteiger partial charge is 0.497 e. The van der Waals surface area contributed by atoms with Crippen molar-refractivity contribution in [3.05, 3.63) is 29.8 Å². The molecule has 1 aromatic rings. The smallest absolute Gasteiger partial charge is 0.310 e. The standard InChI is InChI=1S/C14H18O4/c1-14(2)12(13(15)16)11(8-18-14)9-4-6-10(17-3)7-5-9/h4-7,11-12H,8H2,1-3H3,(H,15,16). The molecule has 1 aliphatic rings. The van der Waals surface area contributed by atoms with Gasteiger partial charge in [0.05, 0.1) is 25.2 Å². The van der Waals surface area contributed by atoms with Gasteiger partial charge in [-0.1, -0.05) is 12.1 Å². The summed E-state index contributed by atoms with van der Waals surface area (Å²) in [7, 11) is 1.61. The van der Waals surface area contributed by atoms with Crippen molar-refractivity contribution in [3.63, 3.8) is 0 Å². The Bertz CT molecular complexity index is 436. The first-order valence-electron chi connectivity index (χ1n) is 5.96. The van der Waals surface area contributed by atoms with E-state index >= 15 is 0 Å². The Morgan fingerprint density at radius 3 is 2.50 bits per heavy atom. The van der Waals surface area contributed by atoms with Crippen LogP contribution >= 0.6 is 0 Å². The number of ether oxygens (including phenoxy) is 2. The molecular formula is C14H18O4. The highest BCUT2D eigenvalue weighted by atomic mass is 16.5. The maximum atomic E-state index is 11.4. The lowest BCUT2D eigenvalue weighted by molar-refractivity contribution is -0.146. The molecule has 18 heavy (non-hydrogen) atoms. The topological polar surface area (TPSA) is 55.8 Å². The van der Waals surface area contributed by atoms with Crippen molar-refractivity contribution in [3.8, 4) is 5.75 Å². The molecule has 1 aliphatic heterocycles. The fourth-order valence-electron chi connectivity index (χ4n) is 2.58. The van der Waals surface area contributed by atoms with Crippen LogP contribution in [0.1, 0.15) is 25.3 Å². The van der Waals surface area contributed by atoms with E-state index < -0.39 is 17.5 Å². The van der Waals surface area contributed by atoms with Crippen molar-refractivity contribution < 1.29 is 19.4 Å². The Hall–Kier alpha value is -1.55. The summed E-state index contributed by atoms with van der Waals surface area (Å²) in [6.45, 7) is 4.10. The van der Waals surface area contributed by atoms with Gasteiger partial charge < -0.3 is 14.6 Å². The van der Waals surface area contributed by atoms with Crippen LogP contribution in [0.2, 0.25) is 0 Å². The number of carboxylic acid groups (broad SMARTS) is 1. The average Bonchev–Trinajstić information content (AvgIpc) is 2.65. The second-order valence-corrected chi connectivity index (χ2v) is 5.11. The van der Waals surface area contributed by atoms with Crippen molar-refractivity contribution in [1.82, 2.24) is 0 Å². The second-order valence-electron chi connectivity index (χ2n) is 5.11. The Kier molecular flexibility index (Phi) is 3.30. The van der Waals surface area contributed by atoms with E-state index in [0.29, 0.717) is 6.61 Å². The summed E-state index contributed by atoms with van der Waals surface area (Å²) < 4.78 is 10.7. The number of carbonyl (C=O) groups is 1. The third kappa shape index (κ3) is 2.20. The van der Waals surface area contributed by atoms with E-state index in [1.807, 2.05) is 38.1 Å². The van der Waals surface area contributed by atoms with Gasteiger partial charge in [-0.05, 0) is 31.5 Å². The number of rotatable bonds is 3. The predicted octanol–water partition coefficient (Wildman–Crippen LogP) is 2.29. The van der Waals surface area contributed by atoms with Crippen LogP contribution in [-0.2, 0) is 9.53 Å². The molecule has 0 saturated carbocycles. The maximum absolute atomic E-state index is 11.4. The zero-order valence-corrected chi connectivity index (χ0v) is 10.8. The van der Waals surface area contributed by atoms with E-state index in [0.717, 1.165) is 11.3 Å². The minimum atomic E-state index is -0.807. The Labute approximate surface area is 107 Å². The molecule has 0 aliphatic carbocycles. The van der Waals surface area contributed by atoms with Crippen LogP contribution in [-0.4, -0.2) is 30.4 Å². The molecule has 0 bridgehead atoms. The van der Waals surface area contributed by atoms with Crippen LogP contribution in [0.5, 0.6) is 5.75 Å². The Balaban J connectivity index is 2.29. The summed E-state index contributed by atoms with van der Waals surface area (Å²) >= 11 is 0. The molecule has 4 heteroatoms. The third-order valence-electron chi connectivity index (χ3n) is 3.60. The Morgan fingerprint density at radius 2 is 2.00 bits per heavy atom. The molecule has 2 rings (SSSR count). The third-order valence-corrected chi connectivity index (χ3v) is 3.60. The monoisotopic (exact) mass is 250 g/mol. The normalized spacial score (nSPS) is 25.9. The highest BCUT2D eigenvalue weighted by Gasteiger charge is 2.48. The summed E-state index contributed by atoms with van der Waals surface area (Å²) in [6, 6.07) is 7.51. The number of aliphatic carboxylic acids is 1. The van der Waals surface area contributed by atoms with Crippen LogP contribution in [0.15, 0.2) is 24.3 Å². The van der Waals surface area contributed by atoms with Crippen LogP contribution in [0.25, 0.3) is 0 Å². The van der Waals surface area contributed by atoms with Gasteiger partial charge in [0.1, 0.15) is 5.75 Å². The van der Waals surface area contributed by atoms with Gasteiger partial charge in [-0.15, -0.1) is 0 Å². The van der Waals surface area contributed by atoms with Gasteiger partial charge in [0.15, 0.2) is 0 Å². The molecule has 2 unspecified atom stereocenters. The molecule has 1 fully saturated rings. The minimum absolute atomic E-state index is 0.108. The number of benzene rings is 1. The quantitative estimate of drug-likeness (QED) is 0.894. The molecule has 2 atom stereocenters. The van der Waals surface area contributed by atoms with Crippen molar-refractivity contribution >= 4 is 5.97 Å². The molecule has 0 radical (unpaired) electrons. The lowest BCUT2D eigenvalue weighted by Gasteiger charge is -2.25. The lowest BCUT2D eigenvalue weighted by atomic mass is 9.80. The highest BCUT2D eigenvalue weighted by molar-refractivity contribution is 5.73. The van der Waals surface area contributed by atoms with Gasteiger partial charge >= 0.3 is 5.97 Å². The first kappa shape index (κ1) is 12.9. The maximum Gasteiger partial charge on any atom is 0.310 e. The molecule has 4 nitrogen and oxygen atoms in total. The lowest BCUT2D eigenvalue weighted by Crippen LogP contribution is -2.35. The van der Waals surface area contributed by atoms with Crippen molar-refractivity contribution in [2.45, 2.75) is 25.4 Å². The molecule has 0 spiro atoms. The van der Waals surface area contributed by atoms with Crippen molar-refractivity contribution in [2.75, 3.05) is 13.7 Å². The van der Waals surface area contributed by atoms with E-state index in [2.05, 4.69) is 0 Å². The predicted molar refractivity (Wildman–Crippen MR) is 66.9 cm³/mol. The molecule has 1 N–H and O–H groups in total. The molecule has 0 aromatic heterocycles. The molecular weight excluding hydrogens is 232 g/mol. The first-order chi connectivity index (χ1) is 8.45. The van der Waals surface area contributed by atoms with E-state index in [9.17, 15) is 9.90 Å². The summed E-state index contributed by atoms with van der Waals surface area (Å²) in [5.41, 5.74) is 0.352. The van der Waals surface area contributed by atoms with Crippen molar-refractivity contribution in [2.24, 2.45) is 5.92 Å². The minimum Gasteiger partial charge on any atom is -0.497 e. The number of hydrogen-bond donors (Lipinski definition) is 1. The molecule has 98 valence electrons. The van der Waals surface area contributed by atoms with Crippen LogP contribution < -0.4 is 4.74 Å². The van der Waals surface area contributed by atoms with E-state index in [1.54, 1.807) is 7.11 Å². The first-order valence-corrected chi connectivity index (χ1v) is 5.96.